The van der Waals surface area contributed by atoms with E-state index in [9.17, 15) is 22.9 Å². The number of nitrogens with one attached hydrogen (secondary N) is 2. The fourth-order valence-electron chi connectivity index (χ4n) is 4.38. The molecular weight excluding hydrogens is 485 g/mol. The van der Waals surface area contributed by atoms with Crippen LogP contribution in [-0.2, 0) is 24.8 Å². The highest BCUT2D eigenvalue weighted by molar-refractivity contribution is 7.92. The largest absolute Gasteiger partial charge is 0.506 e. The van der Waals surface area contributed by atoms with Gasteiger partial charge in [-0.1, -0.05) is 45.0 Å². The van der Waals surface area contributed by atoms with Crippen molar-refractivity contribution in [2.75, 3.05) is 11.0 Å². The Hall–Kier alpha value is -3.03. The number of rotatable bonds is 5. The van der Waals surface area contributed by atoms with E-state index in [1.807, 2.05) is 19.1 Å². The Balaban J connectivity index is 1.88. The minimum atomic E-state index is -3.51. The summed E-state index contributed by atoms with van der Waals surface area (Å²) in [5.74, 6) is -0.444. The first-order valence-electron chi connectivity index (χ1n) is 11.2. The zero-order chi connectivity index (χ0) is 25.8. The smallest absolute Gasteiger partial charge is 0.503 e. The number of benzene rings is 2. The molecule has 4 rings (SSSR count). The molecule has 0 fully saturated rings. The van der Waals surface area contributed by atoms with Crippen LogP contribution in [0.1, 0.15) is 57.5 Å². The number of hydrogen-bond acceptors (Lipinski definition) is 6. The molecule has 2 aromatic carbocycles. The molecule has 0 aliphatic heterocycles. The maximum absolute atomic E-state index is 14.0. The zero-order valence-corrected chi connectivity index (χ0v) is 22.0. The third-order valence-corrected chi connectivity index (χ3v) is 8.11. The lowest BCUT2D eigenvalue weighted by Gasteiger charge is -2.36. The van der Waals surface area contributed by atoms with Crippen molar-refractivity contribution in [3.05, 3.63) is 59.4 Å². The minimum Gasteiger partial charge on any atom is -0.506 e. The van der Waals surface area contributed by atoms with E-state index in [0.29, 0.717) is 22.6 Å². The van der Waals surface area contributed by atoms with Crippen LogP contribution >= 0.6 is 7.57 Å². The average Bonchev–Trinajstić information content (AvgIpc) is 2.75. The molecule has 3 aromatic rings. The number of hydrogen-bond donors (Lipinski definition) is 3. The van der Waals surface area contributed by atoms with Gasteiger partial charge in [-0.05, 0) is 47.4 Å². The van der Waals surface area contributed by atoms with Crippen LogP contribution in [0, 0.1) is 5.41 Å². The van der Waals surface area contributed by atoms with Crippen LogP contribution in [0.25, 0.3) is 22.0 Å². The summed E-state index contributed by atoms with van der Waals surface area (Å²) in [4.78, 5) is 18.5. The van der Waals surface area contributed by atoms with Crippen molar-refractivity contribution in [2.45, 2.75) is 46.0 Å². The van der Waals surface area contributed by atoms with E-state index >= 15 is 0 Å². The highest BCUT2D eigenvalue weighted by Gasteiger charge is 2.46. The van der Waals surface area contributed by atoms with Gasteiger partial charge < -0.3 is 5.11 Å². The molecule has 2 atom stereocenters. The molecule has 3 N–H and O–H groups in total. The lowest BCUT2D eigenvalue weighted by atomic mass is 9.65. The second-order valence-corrected chi connectivity index (χ2v) is 13.5. The number of anilines is 1. The first-order chi connectivity index (χ1) is 16.2. The van der Waals surface area contributed by atoms with Gasteiger partial charge in [-0.3, -0.25) is 9.52 Å². The maximum Gasteiger partial charge on any atom is 0.503 e. The summed E-state index contributed by atoms with van der Waals surface area (Å²) in [6.07, 6.45) is 2.38. The molecule has 1 heterocycles. The fourth-order valence-corrected chi connectivity index (χ4v) is 5.99. The minimum absolute atomic E-state index is 0.00218. The number of nitrogens with zero attached hydrogens (tertiary/aromatic N) is 1. The van der Waals surface area contributed by atoms with E-state index in [4.69, 9.17) is 0 Å². The van der Waals surface area contributed by atoms with Crippen LogP contribution < -0.4 is 4.72 Å². The van der Waals surface area contributed by atoms with Gasteiger partial charge in [0.1, 0.15) is 16.8 Å². The topological polar surface area (TPSA) is 129 Å². The SMILES string of the molecule is CC(C)(C)CCC1(C)C(=O)C(c2nc3ccc(NS(C)(=O)=O)cc3[p+](=O)[nH]2)=C(O)c2ccccc21. The number of sulfonamides is 1. The molecule has 1 aliphatic rings. The number of carbonyl (C=O) groups is 1. The highest BCUT2D eigenvalue weighted by Crippen LogP contribution is 2.46. The molecule has 1 aliphatic carbocycles. The fraction of sp³-hybridized carbons (Fsp3) is 0.360. The Bertz CT molecular complexity index is 1550. The van der Waals surface area contributed by atoms with Crippen molar-refractivity contribution < 1.29 is 22.9 Å². The van der Waals surface area contributed by atoms with Gasteiger partial charge in [0, 0.05) is 11.6 Å². The molecule has 0 bridgehead atoms. The van der Waals surface area contributed by atoms with Crippen LogP contribution in [0.15, 0.2) is 42.5 Å². The van der Waals surface area contributed by atoms with Crippen molar-refractivity contribution in [1.82, 2.24) is 9.73 Å². The van der Waals surface area contributed by atoms with Gasteiger partial charge >= 0.3 is 7.57 Å². The number of aromatic amines is 1. The molecule has 184 valence electrons. The molecule has 0 amide bonds. The third kappa shape index (κ3) is 4.88. The second kappa shape index (κ2) is 8.57. The number of aliphatic hydroxyl groups excluding tert-OH is 1. The molecule has 10 heteroatoms. The molecule has 8 nitrogen and oxygen atoms in total. The van der Waals surface area contributed by atoms with E-state index in [1.165, 1.54) is 18.2 Å². The molecule has 1 aromatic heterocycles. The predicted octanol–water partition coefficient (Wildman–Crippen LogP) is 5.77. The van der Waals surface area contributed by atoms with Crippen molar-refractivity contribution >= 4 is 51.0 Å². The Labute approximate surface area is 205 Å². The van der Waals surface area contributed by atoms with Gasteiger partial charge in [0.2, 0.25) is 15.1 Å². The Kier molecular flexibility index (Phi) is 6.14. The highest BCUT2D eigenvalue weighted by atomic mass is 32.2. The van der Waals surface area contributed by atoms with Gasteiger partial charge in [0.25, 0.3) is 0 Å². The first kappa shape index (κ1) is 25.1. The number of Topliss-reactive ketones (excluding diaryl/α,β-unsaturated/α-hetero) is 1. The quantitative estimate of drug-likeness (QED) is 0.396. The number of H-pyrrole nitrogens is 1. The van der Waals surface area contributed by atoms with Crippen LogP contribution in [0.4, 0.5) is 5.69 Å². The number of carbonyl (C=O) groups excluding carboxylic acids is 1. The second-order valence-electron chi connectivity index (χ2n) is 10.4. The van der Waals surface area contributed by atoms with Crippen molar-refractivity contribution in [1.29, 1.82) is 0 Å². The van der Waals surface area contributed by atoms with Crippen LogP contribution in [0.3, 0.4) is 0 Å². The number of ketones is 1. The summed E-state index contributed by atoms with van der Waals surface area (Å²) in [5, 5.41) is 11.5. The van der Waals surface area contributed by atoms with Crippen LogP contribution in [-0.4, -0.2) is 35.3 Å². The van der Waals surface area contributed by atoms with Crippen molar-refractivity contribution in [3.63, 3.8) is 0 Å². The number of aromatic nitrogens is 2. The van der Waals surface area contributed by atoms with Gasteiger partial charge in [-0.15, -0.1) is 0 Å². The summed E-state index contributed by atoms with van der Waals surface area (Å²) in [6, 6.07) is 11.8. The predicted molar refractivity (Wildman–Crippen MR) is 139 cm³/mol. The molecule has 0 radical (unpaired) electrons. The van der Waals surface area contributed by atoms with E-state index < -0.39 is 23.0 Å². The first-order valence-corrected chi connectivity index (χ1v) is 14.4. The molecule has 2 unspecified atom stereocenters. The normalized spacial score (nSPS) is 19.1. The van der Waals surface area contributed by atoms with Gasteiger partial charge in [0.15, 0.2) is 11.6 Å². The summed E-state index contributed by atoms with van der Waals surface area (Å²) in [6.45, 7) is 8.23. The van der Waals surface area contributed by atoms with Crippen LogP contribution in [0.2, 0.25) is 0 Å². The van der Waals surface area contributed by atoms with E-state index in [-0.39, 0.29) is 34.0 Å². The number of aliphatic hydroxyl groups is 1. The summed E-state index contributed by atoms with van der Waals surface area (Å²) < 4.78 is 41.3. The zero-order valence-electron chi connectivity index (χ0n) is 20.3. The van der Waals surface area contributed by atoms with Gasteiger partial charge in [-0.2, -0.15) is 4.75 Å². The van der Waals surface area contributed by atoms with Gasteiger partial charge in [-0.25, -0.2) is 13.4 Å². The van der Waals surface area contributed by atoms with Crippen LogP contribution in [0.5, 0.6) is 0 Å². The Morgan fingerprint density at radius 1 is 1.17 bits per heavy atom. The van der Waals surface area contributed by atoms with E-state index in [1.54, 1.807) is 12.1 Å². The molecule has 0 saturated heterocycles. The van der Waals surface area contributed by atoms with E-state index in [0.717, 1.165) is 18.2 Å². The number of allylic oxidation sites excluding steroid dienone is 1. The van der Waals surface area contributed by atoms with E-state index in [2.05, 4.69) is 35.2 Å². The summed E-state index contributed by atoms with van der Waals surface area (Å²) in [5.41, 5.74) is 1.02. The summed E-state index contributed by atoms with van der Waals surface area (Å²) >= 11 is 0. The van der Waals surface area contributed by atoms with Crippen molar-refractivity contribution in [3.8, 4) is 0 Å². The van der Waals surface area contributed by atoms with Gasteiger partial charge in [0.05, 0.1) is 17.4 Å². The third-order valence-electron chi connectivity index (χ3n) is 6.29. The standard InChI is InChI=1S/C25H28N3O5PS/c1-24(2,3)12-13-25(4)17-9-7-6-8-16(17)21(29)20(22(25)30)23-26-18-11-10-15(28-35(5,32)33)14-19(18)34(31)27-23/h6-11,14,28H,12-13H2,1-5H3,(H-,26,27,29,30,31)/p+1. The Morgan fingerprint density at radius 2 is 1.86 bits per heavy atom. The molecular formula is C25H29N3O5PS+. The van der Waals surface area contributed by atoms with Crippen molar-refractivity contribution in [2.24, 2.45) is 5.41 Å². The molecule has 0 spiro atoms. The number of fused-ring (bicyclic) bond motifs is 2. The lowest BCUT2D eigenvalue weighted by Crippen LogP contribution is -2.38. The summed E-state index contributed by atoms with van der Waals surface area (Å²) in [7, 11) is -5.76. The average molecular weight is 515 g/mol. The lowest BCUT2D eigenvalue weighted by molar-refractivity contribution is -0.119. The maximum atomic E-state index is 14.0. The molecule has 35 heavy (non-hydrogen) atoms. The monoisotopic (exact) mass is 514 g/mol. The Morgan fingerprint density at radius 3 is 2.51 bits per heavy atom. The molecule has 0 saturated carbocycles.